The van der Waals surface area contributed by atoms with Crippen LogP contribution in [0.15, 0.2) is 61.2 Å². The lowest BCUT2D eigenvalue weighted by Gasteiger charge is -2.07. The summed E-state index contributed by atoms with van der Waals surface area (Å²) in [6.45, 7) is 3.71. The molecule has 25 heavy (non-hydrogen) atoms. The Bertz CT molecular complexity index is 836. The first-order chi connectivity index (χ1) is 12.0. The molecule has 0 atom stereocenters. The molecular formula is C21H18F2O2. The molecule has 0 fully saturated rings. The van der Waals surface area contributed by atoms with E-state index >= 15 is 0 Å². The van der Waals surface area contributed by atoms with Gasteiger partial charge in [-0.15, -0.1) is 6.58 Å². The molecule has 0 heterocycles. The van der Waals surface area contributed by atoms with Crippen molar-refractivity contribution in [2.45, 2.75) is 6.42 Å². The van der Waals surface area contributed by atoms with Crippen molar-refractivity contribution in [1.29, 1.82) is 0 Å². The second-order valence-electron chi connectivity index (χ2n) is 5.30. The number of ketones is 1. The summed E-state index contributed by atoms with van der Waals surface area (Å²) in [7, 11) is 1.59. The number of hydrogen-bond acceptors (Lipinski definition) is 2. The molecule has 2 aromatic rings. The minimum Gasteiger partial charge on any atom is -0.496 e. The summed E-state index contributed by atoms with van der Waals surface area (Å²) in [6.07, 6.45) is 7.89. The van der Waals surface area contributed by atoms with E-state index in [4.69, 9.17) is 4.74 Å². The van der Waals surface area contributed by atoms with Crippen LogP contribution < -0.4 is 4.74 Å². The number of benzene rings is 2. The number of ether oxygens (including phenoxy) is 1. The molecule has 0 aliphatic carbocycles. The molecule has 128 valence electrons. The third kappa shape index (κ3) is 5.24. The second kappa shape index (κ2) is 8.73. The second-order valence-corrected chi connectivity index (χ2v) is 5.30. The van der Waals surface area contributed by atoms with Gasteiger partial charge in [-0.05, 0) is 66.1 Å². The molecule has 0 saturated carbocycles. The molecular weight excluding hydrogens is 322 g/mol. The van der Waals surface area contributed by atoms with E-state index in [0.717, 1.165) is 35.1 Å². The van der Waals surface area contributed by atoms with Crippen LogP contribution in [0.4, 0.5) is 8.78 Å². The summed E-state index contributed by atoms with van der Waals surface area (Å²) in [6, 6.07) is 8.63. The van der Waals surface area contributed by atoms with Crippen molar-refractivity contribution in [1.82, 2.24) is 0 Å². The highest BCUT2D eigenvalue weighted by Crippen LogP contribution is 2.21. The summed E-state index contributed by atoms with van der Waals surface area (Å²) in [4.78, 5) is 11.9. The Morgan fingerprint density at radius 3 is 2.60 bits per heavy atom. The zero-order valence-corrected chi connectivity index (χ0v) is 13.8. The Morgan fingerprint density at radius 2 is 1.88 bits per heavy atom. The number of carbonyl (C=O) groups excluding carboxylic acids is 1. The van der Waals surface area contributed by atoms with E-state index in [1.54, 1.807) is 19.3 Å². The number of methoxy groups -OCH3 is 1. The molecule has 2 nitrogen and oxygen atoms in total. The van der Waals surface area contributed by atoms with E-state index in [9.17, 15) is 13.6 Å². The average molecular weight is 340 g/mol. The van der Waals surface area contributed by atoms with Crippen LogP contribution in [0.25, 0.3) is 12.2 Å². The summed E-state index contributed by atoms with van der Waals surface area (Å²) in [5.41, 5.74) is 1.82. The first-order valence-corrected chi connectivity index (χ1v) is 7.66. The quantitative estimate of drug-likeness (QED) is 0.524. The first-order valence-electron chi connectivity index (χ1n) is 7.66. The lowest BCUT2D eigenvalue weighted by molar-refractivity contribution is -0.110. The molecule has 0 spiro atoms. The van der Waals surface area contributed by atoms with Crippen LogP contribution in [0.3, 0.4) is 0 Å². The fourth-order valence-corrected chi connectivity index (χ4v) is 2.27. The molecule has 2 rings (SSSR count). The lowest BCUT2D eigenvalue weighted by Crippen LogP contribution is -1.92. The minimum atomic E-state index is -0.585. The van der Waals surface area contributed by atoms with Gasteiger partial charge in [0, 0.05) is 5.56 Å². The van der Waals surface area contributed by atoms with Crippen molar-refractivity contribution in [2.24, 2.45) is 0 Å². The fraction of sp³-hybridized carbons (Fsp3) is 0.0952. The van der Waals surface area contributed by atoms with Crippen molar-refractivity contribution in [2.75, 3.05) is 7.11 Å². The molecule has 0 saturated heterocycles. The topological polar surface area (TPSA) is 26.3 Å². The van der Waals surface area contributed by atoms with Crippen LogP contribution in [0.2, 0.25) is 0 Å². The first kappa shape index (κ1) is 18.3. The van der Waals surface area contributed by atoms with Gasteiger partial charge in [0.05, 0.1) is 7.11 Å². The van der Waals surface area contributed by atoms with Crippen molar-refractivity contribution < 1.29 is 18.3 Å². The van der Waals surface area contributed by atoms with E-state index in [2.05, 4.69) is 6.58 Å². The molecule has 2 aromatic carbocycles. The van der Waals surface area contributed by atoms with Crippen LogP contribution in [0.1, 0.15) is 16.7 Å². The van der Waals surface area contributed by atoms with Crippen molar-refractivity contribution >= 4 is 17.9 Å². The largest absolute Gasteiger partial charge is 0.496 e. The Balaban J connectivity index is 2.12. The normalized spacial score (nSPS) is 11.2. The SMILES string of the molecule is C=CCc1cc(/C=C/C(=O)/C=C/c2cc(F)ccc2F)ccc1OC. The van der Waals surface area contributed by atoms with Gasteiger partial charge in [-0.25, -0.2) is 8.78 Å². The third-order valence-electron chi connectivity index (χ3n) is 3.49. The van der Waals surface area contributed by atoms with Gasteiger partial charge >= 0.3 is 0 Å². The Hall–Kier alpha value is -3.01. The van der Waals surface area contributed by atoms with Gasteiger partial charge in [0.15, 0.2) is 5.78 Å². The molecule has 0 N–H and O–H groups in total. The molecule has 4 heteroatoms. The monoisotopic (exact) mass is 340 g/mol. The molecule has 0 unspecified atom stereocenters. The summed E-state index contributed by atoms with van der Waals surface area (Å²) in [5.74, 6) is -0.717. The summed E-state index contributed by atoms with van der Waals surface area (Å²) in [5, 5.41) is 0. The third-order valence-corrected chi connectivity index (χ3v) is 3.49. The van der Waals surface area contributed by atoms with Crippen LogP contribution >= 0.6 is 0 Å². The summed E-state index contributed by atoms with van der Waals surface area (Å²) >= 11 is 0. The van der Waals surface area contributed by atoms with E-state index < -0.39 is 11.6 Å². The standard InChI is InChI=1S/C21H18F2O2/c1-3-4-17-13-15(6-12-21(17)25-2)5-9-19(24)10-7-16-14-18(22)8-11-20(16)23/h3,5-14H,1,4H2,2H3/b9-5+,10-7+. The van der Waals surface area contributed by atoms with Crippen LogP contribution in [-0.4, -0.2) is 12.9 Å². The molecule has 0 amide bonds. The maximum Gasteiger partial charge on any atom is 0.178 e. The Morgan fingerprint density at radius 1 is 1.12 bits per heavy atom. The van der Waals surface area contributed by atoms with E-state index in [1.807, 2.05) is 18.2 Å². The zero-order valence-electron chi connectivity index (χ0n) is 13.8. The molecule has 0 aliphatic rings. The van der Waals surface area contributed by atoms with Gasteiger partial charge in [0.1, 0.15) is 17.4 Å². The number of halogens is 2. The molecule has 0 aromatic heterocycles. The maximum atomic E-state index is 13.5. The smallest absolute Gasteiger partial charge is 0.178 e. The van der Waals surface area contributed by atoms with E-state index in [1.165, 1.54) is 18.2 Å². The van der Waals surface area contributed by atoms with Gasteiger partial charge in [-0.1, -0.05) is 18.2 Å². The molecule has 0 radical (unpaired) electrons. The zero-order chi connectivity index (χ0) is 18.2. The summed E-state index contributed by atoms with van der Waals surface area (Å²) < 4.78 is 31.8. The number of carbonyl (C=O) groups is 1. The van der Waals surface area contributed by atoms with Gasteiger partial charge in [-0.3, -0.25) is 4.79 Å². The number of rotatable bonds is 7. The van der Waals surface area contributed by atoms with Gasteiger partial charge in [0.25, 0.3) is 0 Å². The predicted molar refractivity (Wildman–Crippen MR) is 96.3 cm³/mol. The van der Waals surface area contributed by atoms with Gasteiger partial charge < -0.3 is 4.74 Å². The number of allylic oxidation sites excluding steroid dienone is 3. The fourth-order valence-electron chi connectivity index (χ4n) is 2.27. The van der Waals surface area contributed by atoms with Gasteiger partial charge in [-0.2, -0.15) is 0 Å². The minimum absolute atomic E-state index is 0.0273. The Kier molecular flexibility index (Phi) is 6.40. The van der Waals surface area contributed by atoms with E-state index in [-0.39, 0.29) is 11.3 Å². The van der Waals surface area contributed by atoms with Crippen LogP contribution in [0.5, 0.6) is 5.75 Å². The lowest BCUT2D eigenvalue weighted by atomic mass is 10.1. The van der Waals surface area contributed by atoms with E-state index in [0.29, 0.717) is 6.42 Å². The van der Waals surface area contributed by atoms with Crippen molar-refractivity contribution in [3.8, 4) is 5.75 Å². The Labute approximate surface area is 145 Å². The van der Waals surface area contributed by atoms with Crippen molar-refractivity contribution in [3.05, 3.63) is 89.5 Å². The highest BCUT2D eigenvalue weighted by Gasteiger charge is 2.03. The highest BCUT2D eigenvalue weighted by molar-refractivity contribution is 6.04. The van der Waals surface area contributed by atoms with Crippen LogP contribution in [0, 0.1) is 11.6 Å². The number of hydrogen-bond donors (Lipinski definition) is 0. The molecule has 0 aliphatic heterocycles. The highest BCUT2D eigenvalue weighted by atomic mass is 19.1. The van der Waals surface area contributed by atoms with Crippen LogP contribution in [-0.2, 0) is 11.2 Å². The predicted octanol–water partition coefficient (Wildman–Crippen LogP) is 5.00. The average Bonchev–Trinajstić information content (AvgIpc) is 2.61. The molecule has 0 bridgehead atoms. The van der Waals surface area contributed by atoms with Crippen molar-refractivity contribution in [3.63, 3.8) is 0 Å². The van der Waals surface area contributed by atoms with Gasteiger partial charge in [0.2, 0.25) is 0 Å². The maximum absolute atomic E-state index is 13.5.